The molecule has 0 radical (unpaired) electrons. The minimum absolute atomic E-state index is 0.0152. The maximum Gasteiger partial charge on any atom is 0.163 e. The monoisotopic (exact) mass is 218 g/mol. The van der Waals surface area contributed by atoms with Gasteiger partial charge in [-0.3, -0.25) is 0 Å². The largest absolute Gasteiger partial charge is 0.487 e. The molecule has 0 atom stereocenters. The van der Waals surface area contributed by atoms with Crippen LogP contribution in [0.3, 0.4) is 0 Å². The van der Waals surface area contributed by atoms with Crippen molar-refractivity contribution in [3.63, 3.8) is 0 Å². The fourth-order valence-electron chi connectivity index (χ4n) is 1.11. The Kier molecular flexibility index (Phi) is 3.99. The lowest BCUT2D eigenvalue weighted by atomic mass is 10.2. The lowest BCUT2D eigenvalue weighted by Crippen LogP contribution is -2.06. The van der Waals surface area contributed by atoms with Crippen LogP contribution in [-0.2, 0) is 0 Å². The van der Waals surface area contributed by atoms with Gasteiger partial charge in [0.1, 0.15) is 11.8 Å². The Balaban J connectivity index is 3.27. The summed E-state index contributed by atoms with van der Waals surface area (Å²) >= 11 is 4.53. The van der Waals surface area contributed by atoms with Crippen molar-refractivity contribution in [3.05, 3.63) is 23.8 Å². The van der Waals surface area contributed by atoms with E-state index in [-0.39, 0.29) is 6.10 Å². The predicted molar refractivity (Wildman–Crippen MR) is 61.6 cm³/mol. The van der Waals surface area contributed by atoms with Gasteiger partial charge in [0.25, 0.3) is 0 Å². The van der Waals surface area contributed by atoms with Crippen molar-refractivity contribution < 1.29 is 4.74 Å². The molecule has 15 heavy (non-hydrogen) atoms. The van der Waals surface area contributed by atoms with Gasteiger partial charge in [0.15, 0.2) is 5.75 Å². The van der Waals surface area contributed by atoms with Gasteiger partial charge in [0.05, 0.1) is 16.8 Å². The average molecular weight is 218 g/mol. The molecule has 0 amide bonds. The number of benzene rings is 1. The summed E-state index contributed by atoms with van der Waals surface area (Å²) in [5.74, 6) is 0.465. The van der Waals surface area contributed by atoms with Crippen molar-refractivity contribution in [2.45, 2.75) is 20.0 Å². The molecule has 1 aromatic carbocycles. The molecule has 0 aliphatic carbocycles. The Labute approximate surface area is 94.0 Å². The second kappa shape index (κ2) is 5.26. The highest BCUT2D eigenvalue weighted by Gasteiger charge is 2.10. The summed E-state index contributed by atoms with van der Waals surface area (Å²) in [6.07, 6.45) is -0.0152. The fraction of sp³-hybridized carbons (Fsp3) is 0.273. The number of aliphatic imine (C=N–C) groups is 1. The van der Waals surface area contributed by atoms with Crippen LogP contribution < -0.4 is 4.74 Å². The summed E-state index contributed by atoms with van der Waals surface area (Å²) in [6.45, 7) is 3.78. The van der Waals surface area contributed by atoms with Crippen LogP contribution in [0.25, 0.3) is 0 Å². The fourth-order valence-corrected chi connectivity index (χ4v) is 1.21. The Bertz CT molecular complexity index is 442. The minimum Gasteiger partial charge on any atom is -0.487 e. The molecule has 0 heterocycles. The summed E-state index contributed by atoms with van der Waals surface area (Å²) in [6, 6.07) is 7.20. The third-order valence-corrected chi connectivity index (χ3v) is 1.73. The first-order valence-electron chi connectivity index (χ1n) is 4.46. The molecule has 0 aliphatic rings. The van der Waals surface area contributed by atoms with Crippen LogP contribution in [0.4, 0.5) is 5.69 Å². The minimum atomic E-state index is -0.0152. The number of hydrogen-bond acceptors (Lipinski definition) is 4. The van der Waals surface area contributed by atoms with E-state index in [0.717, 1.165) is 0 Å². The zero-order valence-electron chi connectivity index (χ0n) is 8.52. The van der Waals surface area contributed by atoms with Crippen molar-refractivity contribution in [1.82, 2.24) is 0 Å². The molecule has 0 N–H and O–H groups in total. The molecular weight excluding hydrogens is 208 g/mol. The number of thiocarbonyl (C=S) groups is 1. The summed E-state index contributed by atoms with van der Waals surface area (Å²) in [7, 11) is 0. The van der Waals surface area contributed by atoms with E-state index >= 15 is 0 Å². The lowest BCUT2D eigenvalue weighted by Gasteiger charge is -2.12. The topological polar surface area (TPSA) is 45.4 Å². The number of nitrogens with zero attached hydrogens (tertiary/aromatic N) is 2. The maximum absolute atomic E-state index is 8.91. The van der Waals surface area contributed by atoms with E-state index in [4.69, 9.17) is 10.00 Å². The van der Waals surface area contributed by atoms with Gasteiger partial charge in [-0.05, 0) is 38.2 Å². The first-order chi connectivity index (χ1) is 7.19. The third kappa shape index (κ3) is 2.88. The summed E-state index contributed by atoms with van der Waals surface area (Å²) in [5.41, 5.74) is 0.993. The highest BCUT2D eigenvalue weighted by molar-refractivity contribution is 7.78. The zero-order valence-corrected chi connectivity index (χ0v) is 9.34. The van der Waals surface area contributed by atoms with Crippen molar-refractivity contribution >= 4 is 23.1 Å². The molecule has 0 fully saturated rings. The van der Waals surface area contributed by atoms with E-state index in [1.165, 1.54) is 0 Å². The Morgan fingerprint density at radius 1 is 1.47 bits per heavy atom. The third-order valence-electron chi connectivity index (χ3n) is 1.63. The van der Waals surface area contributed by atoms with Crippen LogP contribution in [0.2, 0.25) is 0 Å². The first kappa shape index (κ1) is 11.4. The van der Waals surface area contributed by atoms with E-state index in [1.807, 2.05) is 13.8 Å². The van der Waals surface area contributed by atoms with Crippen molar-refractivity contribution in [2.75, 3.05) is 0 Å². The number of hydrogen-bond donors (Lipinski definition) is 0. The first-order valence-corrected chi connectivity index (χ1v) is 4.87. The quantitative estimate of drug-likeness (QED) is 0.578. The smallest absolute Gasteiger partial charge is 0.163 e. The molecule has 4 heteroatoms. The molecule has 3 nitrogen and oxygen atoms in total. The van der Waals surface area contributed by atoms with E-state index in [9.17, 15) is 0 Å². The summed E-state index contributed by atoms with van der Waals surface area (Å²) in [4.78, 5) is 3.86. The van der Waals surface area contributed by atoms with E-state index in [1.54, 1.807) is 18.2 Å². The summed E-state index contributed by atoms with van der Waals surface area (Å²) < 4.78 is 5.52. The predicted octanol–water partition coefficient (Wildman–Crippen LogP) is 3.08. The van der Waals surface area contributed by atoms with Gasteiger partial charge in [-0.15, -0.1) is 0 Å². The highest BCUT2D eigenvalue weighted by Crippen LogP contribution is 2.31. The van der Waals surface area contributed by atoms with Crippen LogP contribution >= 0.6 is 12.2 Å². The molecule has 0 aliphatic heterocycles. The SMILES string of the molecule is CC(C)Oc1c(C#N)cccc1N=C=S. The van der Waals surface area contributed by atoms with Gasteiger partial charge in [-0.2, -0.15) is 10.3 Å². The molecule has 1 aromatic rings. The van der Waals surface area contributed by atoms with Crippen LogP contribution in [0.15, 0.2) is 23.2 Å². The normalized spacial score (nSPS) is 9.20. The molecule has 0 saturated heterocycles. The van der Waals surface area contributed by atoms with Gasteiger partial charge in [0, 0.05) is 0 Å². The van der Waals surface area contributed by atoms with Crippen molar-refractivity contribution in [3.8, 4) is 11.8 Å². The molecule has 0 bridgehead atoms. The van der Waals surface area contributed by atoms with Crippen molar-refractivity contribution in [1.29, 1.82) is 5.26 Å². The van der Waals surface area contributed by atoms with Crippen LogP contribution in [-0.4, -0.2) is 11.3 Å². The van der Waals surface area contributed by atoms with Crippen LogP contribution in [0.5, 0.6) is 5.75 Å². The molecule has 0 unspecified atom stereocenters. The zero-order chi connectivity index (χ0) is 11.3. The second-order valence-electron chi connectivity index (χ2n) is 3.14. The number of para-hydroxylation sites is 1. The number of nitriles is 1. The lowest BCUT2D eigenvalue weighted by molar-refractivity contribution is 0.243. The Morgan fingerprint density at radius 2 is 2.20 bits per heavy atom. The van der Waals surface area contributed by atoms with Gasteiger partial charge in [0.2, 0.25) is 0 Å². The highest BCUT2D eigenvalue weighted by atomic mass is 32.1. The second-order valence-corrected chi connectivity index (χ2v) is 3.32. The van der Waals surface area contributed by atoms with E-state index in [0.29, 0.717) is 17.0 Å². The van der Waals surface area contributed by atoms with Gasteiger partial charge < -0.3 is 4.74 Å². The number of ether oxygens (including phenoxy) is 1. The Morgan fingerprint density at radius 3 is 2.73 bits per heavy atom. The molecule has 76 valence electrons. The summed E-state index contributed by atoms with van der Waals surface area (Å²) in [5, 5.41) is 11.2. The molecular formula is C11H10N2OS. The van der Waals surface area contributed by atoms with E-state index in [2.05, 4.69) is 28.4 Å². The molecule has 0 saturated carbocycles. The van der Waals surface area contributed by atoms with Gasteiger partial charge in [-0.1, -0.05) is 6.07 Å². The molecule has 0 spiro atoms. The molecule has 1 rings (SSSR count). The van der Waals surface area contributed by atoms with Crippen LogP contribution in [0, 0.1) is 11.3 Å². The molecule has 0 aromatic heterocycles. The van der Waals surface area contributed by atoms with Gasteiger partial charge >= 0.3 is 0 Å². The number of rotatable bonds is 3. The number of isothiocyanates is 1. The van der Waals surface area contributed by atoms with Crippen LogP contribution in [0.1, 0.15) is 19.4 Å². The Hall–Kier alpha value is -1.69. The average Bonchev–Trinajstić information content (AvgIpc) is 2.20. The van der Waals surface area contributed by atoms with Gasteiger partial charge in [-0.25, -0.2) is 0 Å². The maximum atomic E-state index is 8.91. The standard InChI is InChI=1S/C11H10N2OS/c1-8(2)14-11-9(6-12)4-3-5-10(11)13-7-15/h3-5,8H,1-2H3. The van der Waals surface area contributed by atoms with E-state index < -0.39 is 0 Å². The van der Waals surface area contributed by atoms with Crippen molar-refractivity contribution in [2.24, 2.45) is 4.99 Å².